The average Bonchev–Trinajstić information content (AvgIpc) is 3.32. The predicted octanol–water partition coefficient (Wildman–Crippen LogP) is 3.58. The number of nitrogens with one attached hydrogen (secondary N) is 1. The van der Waals surface area contributed by atoms with Crippen LogP contribution in [-0.4, -0.2) is 65.4 Å². The van der Waals surface area contributed by atoms with Crippen molar-refractivity contribution in [2.75, 3.05) is 32.7 Å². The summed E-state index contributed by atoms with van der Waals surface area (Å²) in [5.41, 5.74) is 1.70. The van der Waals surface area contributed by atoms with E-state index in [4.69, 9.17) is 0 Å². The van der Waals surface area contributed by atoms with E-state index in [0.29, 0.717) is 29.9 Å². The molecular weight excluding hydrogens is 388 g/mol. The highest BCUT2D eigenvalue weighted by Gasteiger charge is 2.26. The molecule has 2 aliphatic heterocycles. The molecule has 1 aromatic heterocycles. The van der Waals surface area contributed by atoms with Crippen molar-refractivity contribution in [1.82, 2.24) is 20.1 Å². The molecule has 0 atom stereocenters. The van der Waals surface area contributed by atoms with Crippen LogP contribution in [0, 0.1) is 5.92 Å². The molecule has 2 amide bonds. The minimum Gasteiger partial charge on any atom is -0.349 e. The Hall–Kier alpha value is -1.95. The molecule has 0 radical (unpaired) electrons. The molecule has 3 heterocycles. The Morgan fingerprint density at radius 1 is 1.00 bits per heavy atom. The molecule has 170 valence electrons. The third kappa shape index (κ3) is 6.06. The molecule has 2 saturated heterocycles. The highest BCUT2D eigenvalue weighted by atomic mass is 16.2. The predicted molar refractivity (Wildman–Crippen MR) is 122 cm³/mol. The van der Waals surface area contributed by atoms with Crippen LogP contribution in [0.3, 0.4) is 0 Å². The average molecular weight is 427 g/mol. The lowest BCUT2D eigenvalue weighted by Gasteiger charge is -2.33. The Morgan fingerprint density at radius 2 is 1.71 bits per heavy atom. The molecule has 4 rings (SSSR count). The van der Waals surface area contributed by atoms with Gasteiger partial charge in [-0.3, -0.25) is 14.6 Å². The number of hydrogen-bond donors (Lipinski definition) is 1. The molecule has 6 heteroatoms. The summed E-state index contributed by atoms with van der Waals surface area (Å²) in [5, 5.41) is 3.12. The summed E-state index contributed by atoms with van der Waals surface area (Å²) in [6.45, 7) is 7.11. The van der Waals surface area contributed by atoms with Gasteiger partial charge in [0.15, 0.2) is 0 Å². The SMILES string of the molecule is CC1CCN(CCC(=O)N2CCC(c3ccc(C(=O)NC4CCCC4)cn3)CC2)CC1. The first kappa shape index (κ1) is 22.3. The summed E-state index contributed by atoms with van der Waals surface area (Å²) in [6, 6.07) is 4.24. The number of pyridine rings is 1. The summed E-state index contributed by atoms with van der Waals surface area (Å²) < 4.78 is 0. The molecule has 0 bridgehead atoms. The first-order chi connectivity index (χ1) is 15.1. The van der Waals surface area contributed by atoms with Crippen LogP contribution >= 0.6 is 0 Å². The maximum atomic E-state index is 12.6. The highest BCUT2D eigenvalue weighted by Crippen LogP contribution is 2.27. The number of amides is 2. The maximum absolute atomic E-state index is 12.6. The van der Waals surface area contributed by atoms with E-state index in [9.17, 15) is 9.59 Å². The molecule has 1 saturated carbocycles. The lowest BCUT2D eigenvalue weighted by molar-refractivity contribution is -0.132. The summed E-state index contributed by atoms with van der Waals surface area (Å²) in [4.78, 5) is 34.1. The number of carbonyl (C=O) groups excluding carboxylic acids is 2. The van der Waals surface area contributed by atoms with Crippen LogP contribution in [0.4, 0.5) is 0 Å². The van der Waals surface area contributed by atoms with Crippen LogP contribution in [0.5, 0.6) is 0 Å². The van der Waals surface area contributed by atoms with Crippen molar-refractivity contribution < 1.29 is 9.59 Å². The second-order valence-electron chi connectivity index (χ2n) is 9.86. The molecule has 3 fully saturated rings. The Kier molecular flexibility index (Phi) is 7.59. The zero-order valence-electron chi connectivity index (χ0n) is 19.0. The molecule has 1 N–H and O–H groups in total. The fourth-order valence-corrected chi connectivity index (χ4v) is 5.24. The van der Waals surface area contributed by atoms with Crippen molar-refractivity contribution in [2.24, 2.45) is 5.92 Å². The summed E-state index contributed by atoms with van der Waals surface area (Å²) in [5.74, 6) is 1.49. The maximum Gasteiger partial charge on any atom is 0.253 e. The molecule has 6 nitrogen and oxygen atoms in total. The van der Waals surface area contributed by atoms with E-state index < -0.39 is 0 Å². The fourth-order valence-electron chi connectivity index (χ4n) is 5.24. The van der Waals surface area contributed by atoms with Gasteiger partial charge in [-0.2, -0.15) is 0 Å². The number of rotatable bonds is 6. The first-order valence-electron chi connectivity index (χ1n) is 12.4. The van der Waals surface area contributed by atoms with E-state index >= 15 is 0 Å². The molecule has 0 spiro atoms. The van der Waals surface area contributed by atoms with Crippen molar-refractivity contribution >= 4 is 11.8 Å². The van der Waals surface area contributed by atoms with Crippen LogP contribution in [0.25, 0.3) is 0 Å². The minimum absolute atomic E-state index is 0.00507. The van der Waals surface area contributed by atoms with Crippen molar-refractivity contribution in [3.8, 4) is 0 Å². The zero-order valence-corrected chi connectivity index (χ0v) is 19.0. The topological polar surface area (TPSA) is 65.5 Å². The summed E-state index contributed by atoms with van der Waals surface area (Å²) in [6.07, 6.45) is 11.4. The quantitative estimate of drug-likeness (QED) is 0.755. The second kappa shape index (κ2) is 10.6. The van der Waals surface area contributed by atoms with Gasteiger partial charge in [-0.05, 0) is 69.7 Å². The van der Waals surface area contributed by atoms with Gasteiger partial charge < -0.3 is 15.1 Å². The normalized spacial score (nSPS) is 22.0. The van der Waals surface area contributed by atoms with Gasteiger partial charge in [0.2, 0.25) is 5.91 Å². The van der Waals surface area contributed by atoms with E-state index in [1.54, 1.807) is 6.20 Å². The monoisotopic (exact) mass is 426 g/mol. The lowest BCUT2D eigenvalue weighted by Crippen LogP contribution is -2.41. The van der Waals surface area contributed by atoms with E-state index in [1.807, 2.05) is 17.0 Å². The van der Waals surface area contributed by atoms with Crippen LogP contribution in [0.15, 0.2) is 18.3 Å². The molecule has 1 aliphatic carbocycles. The number of piperidine rings is 2. The van der Waals surface area contributed by atoms with Gasteiger partial charge in [0.05, 0.1) is 5.56 Å². The van der Waals surface area contributed by atoms with Gasteiger partial charge in [0, 0.05) is 49.9 Å². The van der Waals surface area contributed by atoms with Gasteiger partial charge >= 0.3 is 0 Å². The van der Waals surface area contributed by atoms with Crippen LogP contribution < -0.4 is 5.32 Å². The van der Waals surface area contributed by atoms with Crippen molar-refractivity contribution in [1.29, 1.82) is 0 Å². The van der Waals surface area contributed by atoms with Gasteiger partial charge in [0.1, 0.15) is 0 Å². The van der Waals surface area contributed by atoms with Crippen LogP contribution in [0.1, 0.15) is 86.7 Å². The summed E-state index contributed by atoms with van der Waals surface area (Å²) in [7, 11) is 0. The van der Waals surface area contributed by atoms with E-state index in [2.05, 4.69) is 22.1 Å². The fraction of sp³-hybridized carbons (Fsp3) is 0.720. The Labute approximate surface area is 186 Å². The number of hydrogen-bond acceptors (Lipinski definition) is 4. The number of carbonyl (C=O) groups is 2. The van der Waals surface area contributed by atoms with Gasteiger partial charge in [-0.25, -0.2) is 0 Å². The largest absolute Gasteiger partial charge is 0.349 e. The van der Waals surface area contributed by atoms with E-state index in [-0.39, 0.29) is 5.91 Å². The number of nitrogens with zero attached hydrogens (tertiary/aromatic N) is 3. The van der Waals surface area contributed by atoms with Gasteiger partial charge in [-0.1, -0.05) is 19.8 Å². The van der Waals surface area contributed by atoms with Gasteiger partial charge in [0.25, 0.3) is 5.91 Å². The first-order valence-corrected chi connectivity index (χ1v) is 12.4. The number of aromatic nitrogens is 1. The Bertz CT molecular complexity index is 728. The van der Waals surface area contributed by atoms with Crippen molar-refractivity contribution in [2.45, 2.75) is 76.7 Å². The van der Waals surface area contributed by atoms with Crippen LogP contribution in [-0.2, 0) is 4.79 Å². The van der Waals surface area contributed by atoms with Crippen molar-refractivity contribution in [3.05, 3.63) is 29.6 Å². The smallest absolute Gasteiger partial charge is 0.253 e. The second-order valence-corrected chi connectivity index (χ2v) is 9.86. The zero-order chi connectivity index (χ0) is 21.6. The molecule has 1 aromatic rings. The highest BCUT2D eigenvalue weighted by molar-refractivity contribution is 5.94. The minimum atomic E-state index is -0.00507. The standard InChI is InChI=1S/C25H38N4O2/c1-19-8-13-28(14-9-19)15-12-24(30)29-16-10-20(11-17-29)23-7-6-21(18-26-23)25(31)27-22-4-2-3-5-22/h6-7,18-20,22H,2-5,8-17H2,1H3,(H,27,31). The Morgan fingerprint density at radius 3 is 2.35 bits per heavy atom. The van der Waals surface area contributed by atoms with Crippen molar-refractivity contribution in [3.63, 3.8) is 0 Å². The molecule has 0 unspecified atom stereocenters. The molecule has 3 aliphatic rings. The molecule has 31 heavy (non-hydrogen) atoms. The Balaban J connectivity index is 1.20. The van der Waals surface area contributed by atoms with Gasteiger partial charge in [-0.15, -0.1) is 0 Å². The third-order valence-corrected chi connectivity index (χ3v) is 7.52. The molecule has 0 aromatic carbocycles. The van der Waals surface area contributed by atoms with E-state index in [0.717, 1.165) is 70.0 Å². The van der Waals surface area contributed by atoms with E-state index in [1.165, 1.54) is 25.7 Å². The third-order valence-electron chi connectivity index (χ3n) is 7.52. The number of likely N-dealkylation sites (tertiary alicyclic amines) is 2. The molecular formula is C25H38N4O2. The van der Waals surface area contributed by atoms with Crippen LogP contribution in [0.2, 0.25) is 0 Å². The lowest BCUT2D eigenvalue weighted by atomic mass is 9.92. The summed E-state index contributed by atoms with van der Waals surface area (Å²) >= 11 is 0.